The van der Waals surface area contributed by atoms with Crippen molar-refractivity contribution in [2.24, 2.45) is 0 Å². The lowest BCUT2D eigenvalue weighted by molar-refractivity contribution is 0.0914. The molecule has 0 radical (unpaired) electrons. The van der Waals surface area contributed by atoms with Crippen LogP contribution in [0.4, 0.5) is 0 Å². The van der Waals surface area contributed by atoms with Gasteiger partial charge in [0.2, 0.25) is 0 Å². The SMILES string of the molecule is CC(C)c1ccc(C(NC(=O)c2ccc(CS(=O)(=O)c3ccccc3)o2)c2cccs2)cc1. The van der Waals surface area contributed by atoms with Gasteiger partial charge in [0.25, 0.3) is 5.91 Å². The predicted octanol–water partition coefficient (Wildman–Crippen LogP) is 5.96. The maximum absolute atomic E-state index is 13.0. The van der Waals surface area contributed by atoms with Crippen molar-refractivity contribution in [1.29, 1.82) is 0 Å². The van der Waals surface area contributed by atoms with E-state index < -0.39 is 15.7 Å². The Balaban J connectivity index is 1.53. The normalized spacial score (nSPS) is 12.6. The van der Waals surface area contributed by atoms with Crippen molar-refractivity contribution in [3.8, 4) is 0 Å². The Labute approximate surface area is 198 Å². The zero-order chi connectivity index (χ0) is 23.4. The van der Waals surface area contributed by atoms with E-state index in [2.05, 4.69) is 31.3 Å². The van der Waals surface area contributed by atoms with Crippen molar-refractivity contribution in [3.05, 3.63) is 112 Å². The number of carbonyl (C=O) groups excluding carboxylic acids is 1. The van der Waals surface area contributed by atoms with Crippen LogP contribution in [-0.2, 0) is 15.6 Å². The first-order chi connectivity index (χ1) is 15.8. The molecule has 2 aromatic heterocycles. The van der Waals surface area contributed by atoms with Crippen molar-refractivity contribution < 1.29 is 17.6 Å². The Kier molecular flexibility index (Phi) is 6.81. The molecule has 33 heavy (non-hydrogen) atoms. The Morgan fingerprint density at radius 2 is 1.61 bits per heavy atom. The fourth-order valence-electron chi connectivity index (χ4n) is 3.53. The lowest BCUT2D eigenvalue weighted by Gasteiger charge is -2.18. The molecule has 0 aliphatic rings. The first-order valence-corrected chi connectivity index (χ1v) is 13.2. The summed E-state index contributed by atoms with van der Waals surface area (Å²) in [6, 6.07) is 23.0. The highest BCUT2D eigenvalue weighted by atomic mass is 32.2. The van der Waals surface area contributed by atoms with Crippen molar-refractivity contribution in [3.63, 3.8) is 0 Å². The Morgan fingerprint density at radius 3 is 2.24 bits per heavy atom. The van der Waals surface area contributed by atoms with Crippen molar-refractivity contribution in [1.82, 2.24) is 5.32 Å². The Morgan fingerprint density at radius 1 is 0.909 bits per heavy atom. The molecule has 1 atom stereocenters. The summed E-state index contributed by atoms with van der Waals surface area (Å²) in [6.45, 7) is 4.28. The van der Waals surface area contributed by atoms with Gasteiger partial charge < -0.3 is 9.73 Å². The number of hydrogen-bond donors (Lipinski definition) is 1. The fraction of sp³-hybridized carbons (Fsp3) is 0.192. The molecule has 2 aromatic carbocycles. The first kappa shape index (κ1) is 23.0. The van der Waals surface area contributed by atoms with Crippen LogP contribution in [0.3, 0.4) is 0 Å². The molecule has 0 spiro atoms. The van der Waals surface area contributed by atoms with Gasteiger partial charge in [-0.2, -0.15) is 0 Å². The Hall–Kier alpha value is -3.16. The summed E-state index contributed by atoms with van der Waals surface area (Å²) in [7, 11) is -3.56. The van der Waals surface area contributed by atoms with Gasteiger partial charge >= 0.3 is 0 Å². The summed E-state index contributed by atoms with van der Waals surface area (Å²) in [5.41, 5.74) is 2.19. The van der Waals surface area contributed by atoms with Crippen molar-refractivity contribution in [2.45, 2.75) is 36.5 Å². The van der Waals surface area contributed by atoms with Crippen LogP contribution in [0.15, 0.2) is 93.6 Å². The summed E-state index contributed by atoms with van der Waals surface area (Å²) in [5, 5.41) is 5.01. The topological polar surface area (TPSA) is 76.4 Å². The number of hydrogen-bond acceptors (Lipinski definition) is 5. The summed E-state index contributed by atoms with van der Waals surface area (Å²) in [6.07, 6.45) is 0. The van der Waals surface area contributed by atoms with Crippen LogP contribution in [0.5, 0.6) is 0 Å². The van der Waals surface area contributed by atoms with Gasteiger partial charge in [-0.05, 0) is 52.8 Å². The highest BCUT2D eigenvalue weighted by Crippen LogP contribution is 2.28. The van der Waals surface area contributed by atoms with Gasteiger partial charge in [0, 0.05) is 4.88 Å². The monoisotopic (exact) mass is 479 g/mol. The molecule has 0 aliphatic carbocycles. The number of benzene rings is 2. The maximum Gasteiger partial charge on any atom is 0.287 e. The molecule has 0 fully saturated rings. The molecule has 1 N–H and O–H groups in total. The van der Waals surface area contributed by atoms with Crippen LogP contribution in [0.2, 0.25) is 0 Å². The molecular weight excluding hydrogens is 454 g/mol. The van der Waals surface area contributed by atoms with E-state index in [4.69, 9.17) is 4.42 Å². The lowest BCUT2D eigenvalue weighted by Crippen LogP contribution is -2.28. The molecule has 7 heteroatoms. The predicted molar refractivity (Wildman–Crippen MR) is 130 cm³/mol. The number of amides is 1. The largest absolute Gasteiger partial charge is 0.455 e. The van der Waals surface area contributed by atoms with Crippen LogP contribution in [0.25, 0.3) is 0 Å². The van der Waals surface area contributed by atoms with Gasteiger partial charge in [-0.15, -0.1) is 11.3 Å². The first-order valence-electron chi connectivity index (χ1n) is 10.6. The average molecular weight is 480 g/mol. The summed E-state index contributed by atoms with van der Waals surface area (Å²) in [5.74, 6) is 0.00814. The lowest BCUT2D eigenvalue weighted by atomic mass is 9.98. The summed E-state index contributed by atoms with van der Waals surface area (Å²) in [4.78, 5) is 14.2. The second-order valence-electron chi connectivity index (χ2n) is 8.08. The third-order valence-electron chi connectivity index (χ3n) is 5.36. The molecule has 0 bridgehead atoms. The quantitative estimate of drug-likeness (QED) is 0.338. The summed E-state index contributed by atoms with van der Waals surface area (Å²) >= 11 is 1.56. The maximum atomic E-state index is 13.0. The highest BCUT2D eigenvalue weighted by Gasteiger charge is 2.23. The molecule has 5 nitrogen and oxygen atoms in total. The third kappa shape index (κ3) is 5.43. The minimum Gasteiger partial charge on any atom is -0.455 e. The van der Waals surface area contributed by atoms with E-state index in [1.807, 2.05) is 29.6 Å². The molecule has 2 heterocycles. The molecule has 0 aliphatic heterocycles. The van der Waals surface area contributed by atoms with Crippen LogP contribution < -0.4 is 5.32 Å². The van der Waals surface area contributed by atoms with Crippen molar-refractivity contribution >= 4 is 27.1 Å². The third-order valence-corrected chi connectivity index (χ3v) is 7.95. The number of sulfone groups is 1. The molecule has 170 valence electrons. The molecule has 0 saturated carbocycles. The number of thiophene rings is 1. The van der Waals surface area contributed by atoms with E-state index in [0.29, 0.717) is 5.92 Å². The smallest absolute Gasteiger partial charge is 0.287 e. The fourth-order valence-corrected chi connectivity index (χ4v) is 5.60. The van der Waals surface area contributed by atoms with Gasteiger partial charge in [0.1, 0.15) is 11.5 Å². The number of rotatable bonds is 8. The van der Waals surface area contributed by atoms with E-state index in [-0.39, 0.29) is 28.2 Å². The van der Waals surface area contributed by atoms with Crippen LogP contribution in [0, 0.1) is 0 Å². The Bertz CT molecular complexity index is 1310. The number of furan rings is 1. The molecule has 4 aromatic rings. The second-order valence-corrected chi connectivity index (χ2v) is 11.1. The molecular formula is C26H25NO4S2. The van der Waals surface area contributed by atoms with Crippen LogP contribution in [0.1, 0.15) is 58.1 Å². The minimum atomic E-state index is -3.56. The minimum absolute atomic E-state index is 0.0774. The van der Waals surface area contributed by atoms with E-state index in [1.165, 1.54) is 17.7 Å². The van der Waals surface area contributed by atoms with Gasteiger partial charge in [-0.1, -0.05) is 62.4 Å². The molecule has 4 rings (SSSR count). The van der Waals surface area contributed by atoms with Gasteiger partial charge in [-0.25, -0.2) is 8.42 Å². The van der Waals surface area contributed by atoms with E-state index in [9.17, 15) is 13.2 Å². The van der Waals surface area contributed by atoms with Crippen LogP contribution >= 0.6 is 11.3 Å². The zero-order valence-electron chi connectivity index (χ0n) is 18.4. The van der Waals surface area contributed by atoms with Gasteiger partial charge in [-0.3, -0.25) is 4.79 Å². The standard InChI is InChI=1S/C26H25NO4S2/c1-18(2)19-10-12-20(13-11-19)25(24-9-6-16-32-24)27-26(28)23-15-14-21(31-23)17-33(29,30)22-7-4-3-5-8-22/h3-16,18,25H,17H2,1-2H3,(H,27,28). The molecule has 0 saturated heterocycles. The van der Waals surface area contributed by atoms with Gasteiger partial charge in [0.05, 0.1) is 10.9 Å². The van der Waals surface area contributed by atoms with E-state index in [1.54, 1.807) is 41.7 Å². The highest BCUT2D eigenvalue weighted by molar-refractivity contribution is 7.90. The number of carbonyl (C=O) groups is 1. The second kappa shape index (κ2) is 9.77. The number of nitrogens with one attached hydrogen (secondary N) is 1. The average Bonchev–Trinajstić information content (AvgIpc) is 3.50. The van der Waals surface area contributed by atoms with Crippen LogP contribution in [-0.4, -0.2) is 14.3 Å². The van der Waals surface area contributed by atoms with Gasteiger partial charge in [0.15, 0.2) is 15.6 Å². The zero-order valence-corrected chi connectivity index (χ0v) is 20.0. The van der Waals surface area contributed by atoms with E-state index >= 15 is 0 Å². The summed E-state index contributed by atoms with van der Waals surface area (Å²) < 4.78 is 30.8. The van der Waals surface area contributed by atoms with Crippen molar-refractivity contribution in [2.75, 3.05) is 0 Å². The molecule has 1 unspecified atom stereocenters. The molecule has 1 amide bonds. The van der Waals surface area contributed by atoms with E-state index in [0.717, 1.165) is 10.4 Å².